The Morgan fingerprint density at radius 2 is 1.06 bits per heavy atom. The second-order valence-electron chi connectivity index (χ2n) is 13.3. The van der Waals surface area contributed by atoms with E-state index in [1.54, 1.807) is 0 Å². The highest BCUT2D eigenvalue weighted by Gasteiger charge is 2.23. The number of pyridine rings is 1. The van der Waals surface area contributed by atoms with Crippen molar-refractivity contribution in [1.82, 2.24) is 24.1 Å². The van der Waals surface area contributed by atoms with E-state index in [-0.39, 0.29) is 0 Å². The molecule has 0 unspecified atom stereocenters. The van der Waals surface area contributed by atoms with Gasteiger partial charge in [-0.1, -0.05) is 121 Å². The summed E-state index contributed by atoms with van der Waals surface area (Å²) in [5.41, 5.74) is 10.5. The molecule has 0 amide bonds. The van der Waals surface area contributed by atoms with Crippen molar-refractivity contribution in [2.45, 2.75) is 0 Å². The van der Waals surface area contributed by atoms with Crippen LogP contribution in [0.15, 0.2) is 176 Å². The van der Waals surface area contributed by atoms with Gasteiger partial charge in [0.15, 0.2) is 5.82 Å². The number of para-hydroxylation sites is 1. The summed E-state index contributed by atoms with van der Waals surface area (Å²) in [7, 11) is 0. The zero-order valence-electron chi connectivity index (χ0n) is 28.0. The van der Waals surface area contributed by atoms with Gasteiger partial charge in [-0.2, -0.15) is 0 Å². The molecule has 11 aromatic rings. The highest BCUT2D eigenvalue weighted by molar-refractivity contribution is 6.33. The number of nitrogens with zero attached hydrogens (tertiary/aromatic N) is 5. The molecule has 7 aromatic carbocycles. The minimum absolute atomic E-state index is 0.688. The van der Waals surface area contributed by atoms with Gasteiger partial charge in [-0.05, 0) is 59.3 Å². The van der Waals surface area contributed by atoms with Crippen LogP contribution >= 0.6 is 0 Å². The first-order valence-electron chi connectivity index (χ1n) is 17.5. The SMILES string of the molecule is c1ccc(-c2cc(-c3ccccc3)nc(-c3cccc(-n4c5cccc6ccc7c8c9ccccc9n(-c9ccccn9)c8cc4c7c65)c3)n2)cc1. The molecule has 0 N–H and O–H groups in total. The summed E-state index contributed by atoms with van der Waals surface area (Å²) in [6.45, 7) is 0. The van der Waals surface area contributed by atoms with Gasteiger partial charge in [0, 0.05) is 50.1 Å². The summed E-state index contributed by atoms with van der Waals surface area (Å²) in [6.07, 6.45) is 1.87. The lowest BCUT2D eigenvalue weighted by Crippen LogP contribution is -1.99. The summed E-state index contributed by atoms with van der Waals surface area (Å²) >= 11 is 0. The second-order valence-corrected chi connectivity index (χ2v) is 13.3. The highest BCUT2D eigenvalue weighted by atomic mass is 15.1. The molecule has 0 saturated heterocycles. The van der Waals surface area contributed by atoms with Gasteiger partial charge in [0.05, 0.1) is 33.5 Å². The fourth-order valence-corrected chi connectivity index (χ4v) is 8.09. The molecular formula is C47H29N5. The van der Waals surface area contributed by atoms with Gasteiger partial charge in [0.1, 0.15) is 5.82 Å². The molecule has 0 aliphatic heterocycles. The Morgan fingerprint density at radius 1 is 0.385 bits per heavy atom. The smallest absolute Gasteiger partial charge is 0.160 e. The zero-order valence-corrected chi connectivity index (χ0v) is 28.0. The van der Waals surface area contributed by atoms with Crippen molar-refractivity contribution in [2.75, 3.05) is 0 Å². The predicted octanol–water partition coefficient (Wildman–Crippen LogP) is 11.7. The van der Waals surface area contributed by atoms with Gasteiger partial charge in [-0.3, -0.25) is 4.57 Å². The van der Waals surface area contributed by atoms with Crippen molar-refractivity contribution >= 4 is 54.4 Å². The van der Waals surface area contributed by atoms with E-state index in [2.05, 4.69) is 161 Å². The van der Waals surface area contributed by atoms with Crippen LogP contribution in [0.1, 0.15) is 0 Å². The van der Waals surface area contributed by atoms with Gasteiger partial charge in [0.25, 0.3) is 0 Å². The first-order chi connectivity index (χ1) is 25.8. The number of aromatic nitrogens is 5. The van der Waals surface area contributed by atoms with Gasteiger partial charge in [0.2, 0.25) is 0 Å². The molecule has 4 aromatic heterocycles. The number of benzene rings is 7. The maximum absolute atomic E-state index is 5.15. The van der Waals surface area contributed by atoms with Gasteiger partial charge >= 0.3 is 0 Å². The summed E-state index contributed by atoms with van der Waals surface area (Å²) < 4.78 is 4.71. The number of rotatable bonds is 5. The van der Waals surface area contributed by atoms with Crippen LogP contribution in [0.4, 0.5) is 0 Å². The van der Waals surface area contributed by atoms with Crippen molar-refractivity contribution in [3.8, 4) is 45.4 Å². The molecule has 5 nitrogen and oxygen atoms in total. The van der Waals surface area contributed by atoms with E-state index in [0.717, 1.165) is 56.1 Å². The van der Waals surface area contributed by atoms with Gasteiger partial charge in [-0.15, -0.1) is 0 Å². The van der Waals surface area contributed by atoms with E-state index in [1.165, 1.54) is 37.8 Å². The lowest BCUT2D eigenvalue weighted by molar-refractivity contribution is 1.08. The van der Waals surface area contributed by atoms with Crippen LogP contribution in [0, 0.1) is 0 Å². The largest absolute Gasteiger partial charge is 0.309 e. The maximum Gasteiger partial charge on any atom is 0.160 e. The molecule has 0 radical (unpaired) electrons. The van der Waals surface area contributed by atoms with Crippen LogP contribution in [0.2, 0.25) is 0 Å². The molecule has 4 heterocycles. The average Bonchev–Trinajstić information content (AvgIpc) is 3.74. The van der Waals surface area contributed by atoms with Crippen LogP contribution in [-0.4, -0.2) is 24.1 Å². The number of hydrogen-bond donors (Lipinski definition) is 0. The topological polar surface area (TPSA) is 48.5 Å². The third-order valence-electron chi connectivity index (χ3n) is 10.3. The standard InChI is InChI=1S/C47H29N5/c1-3-13-30(14-4-1)37-28-38(31-15-5-2-6-16-31)50-47(49-37)33-18-11-19-34(27-33)51-40-22-12-17-32-24-25-36-45-35-20-7-8-21-39(35)52(43-23-9-10-26-48-43)41(45)29-42(51)46(36)44(32)40/h1-29H. The molecule has 0 aliphatic rings. The average molecular weight is 664 g/mol. The summed E-state index contributed by atoms with van der Waals surface area (Å²) in [5.74, 6) is 1.59. The summed E-state index contributed by atoms with van der Waals surface area (Å²) in [5, 5.41) is 7.46. The molecule has 11 rings (SSSR count). The number of hydrogen-bond acceptors (Lipinski definition) is 3. The van der Waals surface area contributed by atoms with Crippen molar-refractivity contribution in [1.29, 1.82) is 0 Å². The molecule has 242 valence electrons. The van der Waals surface area contributed by atoms with Gasteiger partial charge in [-0.25, -0.2) is 15.0 Å². The Bertz CT molecular complexity index is 3050. The van der Waals surface area contributed by atoms with E-state index in [4.69, 9.17) is 15.0 Å². The normalized spacial score (nSPS) is 11.8. The predicted molar refractivity (Wildman–Crippen MR) is 214 cm³/mol. The molecule has 0 saturated carbocycles. The Balaban J connectivity index is 1.20. The molecule has 5 heteroatoms. The maximum atomic E-state index is 5.15. The van der Waals surface area contributed by atoms with E-state index in [0.29, 0.717) is 5.82 Å². The Labute approximate surface area is 299 Å². The Hall–Kier alpha value is -7.11. The molecule has 0 bridgehead atoms. The van der Waals surface area contributed by atoms with E-state index in [1.807, 2.05) is 24.4 Å². The van der Waals surface area contributed by atoms with Crippen LogP contribution in [0.3, 0.4) is 0 Å². The van der Waals surface area contributed by atoms with E-state index in [9.17, 15) is 0 Å². The van der Waals surface area contributed by atoms with Crippen LogP contribution in [0.5, 0.6) is 0 Å². The van der Waals surface area contributed by atoms with Crippen molar-refractivity contribution < 1.29 is 0 Å². The van der Waals surface area contributed by atoms with Crippen molar-refractivity contribution in [3.05, 3.63) is 176 Å². The third kappa shape index (κ3) is 4.26. The number of fused-ring (bicyclic) bond motifs is 4. The molecule has 0 atom stereocenters. The van der Waals surface area contributed by atoms with E-state index < -0.39 is 0 Å². The van der Waals surface area contributed by atoms with Gasteiger partial charge < -0.3 is 4.57 Å². The zero-order chi connectivity index (χ0) is 34.2. The monoisotopic (exact) mass is 663 g/mol. The minimum Gasteiger partial charge on any atom is -0.309 e. The van der Waals surface area contributed by atoms with E-state index >= 15 is 0 Å². The fourth-order valence-electron chi connectivity index (χ4n) is 8.09. The molecule has 52 heavy (non-hydrogen) atoms. The second kappa shape index (κ2) is 11.2. The lowest BCUT2D eigenvalue weighted by atomic mass is 9.98. The van der Waals surface area contributed by atoms with Crippen molar-refractivity contribution in [2.24, 2.45) is 0 Å². The molecule has 0 spiro atoms. The lowest BCUT2D eigenvalue weighted by Gasteiger charge is -2.12. The Morgan fingerprint density at radius 3 is 1.83 bits per heavy atom. The quantitative estimate of drug-likeness (QED) is 0.172. The fraction of sp³-hybridized carbons (Fsp3) is 0. The van der Waals surface area contributed by atoms with Crippen molar-refractivity contribution in [3.63, 3.8) is 0 Å². The first-order valence-corrected chi connectivity index (χ1v) is 17.5. The van der Waals surface area contributed by atoms with Crippen LogP contribution < -0.4 is 0 Å². The first kappa shape index (κ1) is 28.7. The van der Waals surface area contributed by atoms with Crippen LogP contribution in [-0.2, 0) is 0 Å². The minimum atomic E-state index is 0.688. The molecule has 0 aliphatic carbocycles. The summed E-state index contributed by atoms with van der Waals surface area (Å²) in [4.78, 5) is 15.1. The molecular weight excluding hydrogens is 635 g/mol. The Kier molecular flexibility index (Phi) is 6.18. The highest BCUT2D eigenvalue weighted by Crippen LogP contribution is 2.45. The molecule has 0 fully saturated rings. The summed E-state index contributed by atoms with van der Waals surface area (Å²) in [6, 6.07) is 59.8. The van der Waals surface area contributed by atoms with Crippen LogP contribution in [0.25, 0.3) is 99.8 Å². The third-order valence-corrected chi connectivity index (χ3v) is 10.3.